The molecule has 1 aliphatic heterocycles. The number of carboxylic acid groups (broad SMARTS) is 1. The lowest BCUT2D eigenvalue weighted by molar-refractivity contribution is -0.383. The Bertz CT molecular complexity index is 756. The smallest absolute Gasteiger partial charge is 0.407 e. The molecule has 2 aromatic rings. The Balaban J connectivity index is 1.83. The van der Waals surface area contributed by atoms with Crippen molar-refractivity contribution in [2.45, 2.75) is 18.9 Å². The Morgan fingerprint density at radius 2 is 1.96 bits per heavy atom. The molecule has 1 N–H and O–H groups in total. The zero-order valence-electron chi connectivity index (χ0n) is 12.2. The highest BCUT2D eigenvalue weighted by atomic mass is 16.6. The molecule has 8 heteroatoms. The number of nitro groups is 1. The van der Waals surface area contributed by atoms with Crippen LogP contribution in [-0.4, -0.2) is 45.2 Å². The molecule has 1 aromatic carbocycles. The molecular formula is C15H15N3O5. The van der Waals surface area contributed by atoms with Crippen LogP contribution in [0.4, 0.5) is 10.5 Å². The van der Waals surface area contributed by atoms with Gasteiger partial charge in [-0.05, 0) is 12.1 Å². The number of hydrogen-bond donors (Lipinski definition) is 1. The summed E-state index contributed by atoms with van der Waals surface area (Å²) in [4.78, 5) is 26.9. The minimum Gasteiger partial charge on any atom is -0.474 e. The standard InChI is InChI=1S/C15H15N3O5/c19-15(20)17-7-5-10(6-8-17)23-14-12-4-2-1-3-11(12)13(9-16-14)18(21)22/h1-4,9-10H,5-8H2,(H,19,20). The average molecular weight is 317 g/mol. The van der Waals surface area contributed by atoms with E-state index in [1.54, 1.807) is 24.3 Å². The van der Waals surface area contributed by atoms with Gasteiger partial charge in [0.2, 0.25) is 5.88 Å². The van der Waals surface area contributed by atoms with Crippen LogP contribution in [0.1, 0.15) is 12.8 Å². The topological polar surface area (TPSA) is 106 Å². The van der Waals surface area contributed by atoms with E-state index < -0.39 is 11.0 Å². The van der Waals surface area contributed by atoms with Gasteiger partial charge < -0.3 is 14.7 Å². The van der Waals surface area contributed by atoms with Gasteiger partial charge in [0.1, 0.15) is 12.3 Å². The Hall–Kier alpha value is -2.90. The number of hydrogen-bond acceptors (Lipinski definition) is 5. The van der Waals surface area contributed by atoms with Crippen LogP contribution in [0.5, 0.6) is 5.88 Å². The van der Waals surface area contributed by atoms with Gasteiger partial charge in [-0.1, -0.05) is 12.1 Å². The van der Waals surface area contributed by atoms with Crippen molar-refractivity contribution in [2.75, 3.05) is 13.1 Å². The first-order valence-electron chi connectivity index (χ1n) is 7.23. The average Bonchev–Trinajstić information content (AvgIpc) is 2.55. The summed E-state index contributed by atoms with van der Waals surface area (Å²) in [6, 6.07) is 6.89. The van der Waals surface area contributed by atoms with Crippen molar-refractivity contribution in [3.63, 3.8) is 0 Å². The fourth-order valence-corrected chi connectivity index (χ4v) is 2.71. The lowest BCUT2D eigenvalue weighted by Crippen LogP contribution is -2.41. The molecule has 1 aromatic heterocycles. The van der Waals surface area contributed by atoms with Gasteiger partial charge in [0.25, 0.3) is 5.69 Å². The van der Waals surface area contributed by atoms with Gasteiger partial charge in [-0.25, -0.2) is 9.78 Å². The Morgan fingerprint density at radius 3 is 2.57 bits per heavy atom. The maximum Gasteiger partial charge on any atom is 0.407 e. The summed E-state index contributed by atoms with van der Waals surface area (Å²) >= 11 is 0. The molecule has 8 nitrogen and oxygen atoms in total. The second kappa shape index (κ2) is 6.07. The van der Waals surface area contributed by atoms with Gasteiger partial charge in [-0.3, -0.25) is 10.1 Å². The number of amides is 1. The summed E-state index contributed by atoms with van der Waals surface area (Å²) in [6.07, 6.45) is 1.26. The first-order chi connectivity index (χ1) is 11.1. The maximum atomic E-state index is 11.1. The SMILES string of the molecule is O=C(O)N1CCC(Oc2ncc([N+](=O)[O-])c3ccccc23)CC1. The van der Waals surface area contributed by atoms with E-state index in [2.05, 4.69) is 4.98 Å². The van der Waals surface area contributed by atoms with Crippen molar-refractivity contribution in [3.05, 3.63) is 40.6 Å². The number of rotatable bonds is 3. The zero-order valence-corrected chi connectivity index (χ0v) is 12.2. The number of piperidine rings is 1. The third-order valence-corrected chi connectivity index (χ3v) is 3.93. The fraction of sp³-hybridized carbons (Fsp3) is 0.333. The summed E-state index contributed by atoms with van der Waals surface area (Å²) < 4.78 is 5.88. The van der Waals surface area contributed by atoms with Crippen molar-refractivity contribution in [1.82, 2.24) is 9.88 Å². The van der Waals surface area contributed by atoms with Crippen LogP contribution in [0.15, 0.2) is 30.5 Å². The zero-order chi connectivity index (χ0) is 16.4. The van der Waals surface area contributed by atoms with Crippen LogP contribution in [0, 0.1) is 10.1 Å². The number of likely N-dealkylation sites (tertiary alicyclic amines) is 1. The normalized spacial score (nSPS) is 15.6. The van der Waals surface area contributed by atoms with Crippen molar-refractivity contribution in [2.24, 2.45) is 0 Å². The molecule has 0 radical (unpaired) electrons. The number of ether oxygens (including phenoxy) is 1. The molecule has 0 saturated carbocycles. The summed E-state index contributed by atoms with van der Waals surface area (Å²) in [5.74, 6) is 0.347. The molecule has 0 spiro atoms. The number of carbonyl (C=O) groups is 1. The summed E-state index contributed by atoms with van der Waals surface area (Å²) in [6.45, 7) is 0.815. The maximum absolute atomic E-state index is 11.1. The molecule has 2 heterocycles. The van der Waals surface area contributed by atoms with Crippen LogP contribution in [0.3, 0.4) is 0 Å². The van der Waals surface area contributed by atoms with Crippen LogP contribution in [-0.2, 0) is 0 Å². The predicted molar refractivity (Wildman–Crippen MR) is 81.6 cm³/mol. The van der Waals surface area contributed by atoms with E-state index in [0.29, 0.717) is 42.6 Å². The van der Waals surface area contributed by atoms with Gasteiger partial charge in [0.15, 0.2) is 0 Å². The highest BCUT2D eigenvalue weighted by molar-refractivity contribution is 5.93. The first-order valence-corrected chi connectivity index (χ1v) is 7.23. The predicted octanol–water partition coefficient (Wildman–Crippen LogP) is 2.66. The van der Waals surface area contributed by atoms with Crippen LogP contribution in [0.25, 0.3) is 10.8 Å². The second-order valence-corrected chi connectivity index (χ2v) is 5.34. The number of pyridine rings is 1. The van der Waals surface area contributed by atoms with Crippen molar-refractivity contribution >= 4 is 22.6 Å². The fourth-order valence-electron chi connectivity index (χ4n) is 2.71. The highest BCUT2D eigenvalue weighted by Crippen LogP contribution is 2.31. The number of fused-ring (bicyclic) bond motifs is 1. The van der Waals surface area contributed by atoms with E-state index in [-0.39, 0.29) is 11.8 Å². The molecule has 0 aliphatic carbocycles. The van der Waals surface area contributed by atoms with Gasteiger partial charge in [-0.2, -0.15) is 0 Å². The van der Waals surface area contributed by atoms with Gasteiger partial charge in [0, 0.05) is 25.9 Å². The molecule has 1 amide bonds. The third kappa shape index (κ3) is 3.01. The van der Waals surface area contributed by atoms with Crippen LogP contribution >= 0.6 is 0 Å². The van der Waals surface area contributed by atoms with E-state index in [4.69, 9.17) is 9.84 Å². The second-order valence-electron chi connectivity index (χ2n) is 5.34. The van der Waals surface area contributed by atoms with Gasteiger partial charge in [0.05, 0.1) is 15.7 Å². The number of aromatic nitrogens is 1. The molecule has 1 fully saturated rings. The number of benzene rings is 1. The Labute approximate surface area is 131 Å². The van der Waals surface area contributed by atoms with Crippen molar-refractivity contribution < 1.29 is 19.6 Å². The molecule has 23 heavy (non-hydrogen) atoms. The van der Waals surface area contributed by atoms with E-state index in [1.165, 1.54) is 11.1 Å². The highest BCUT2D eigenvalue weighted by Gasteiger charge is 2.25. The minimum atomic E-state index is -0.928. The van der Waals surface area contributed by atoms with E-state index in [0.717, 1.165) is 0 Å². The molecule has 0 unspecified atom stereocenters. The van der Waals surface area contributed by atoms with Crippen molar-refractivity contribution in [1.29, 1.82) is 0 Å². The lowest BCUT2D eigenvalue weighted by atomic mass is 10.1. The quantitative estimate of drug-likeness (QED) is 0.689. The molecule has 1 aliphatic rings. The van der Waals surface area contributed by atoms with E-state index >= 15 is 0 Å². The van der Waals surface area contributed by atoms with Crippen molar-refractivity contribution in [3.8, 4) is 5.88 Å². The monoisotopic (exact) mass is 317 g/mol. The molecular weight excluding hydrogens is 302 g/mol. The Kier molecular flexibility index (Phi) is 3.96. The molecule has 0 bridgehead atoms. The summed E-state index contributed by atoms with van der Waals surface area (Å²) in [7, 11) is 0. The minimum absolute atomic E-state index is 0.0614. The lowest BCUT2D eigenvalue weighted by Gasteiger charge is -2.30. The van der Waals surface area contributed by atoms with Gasteiger partial charge in [-0.15, -0.1) is 0 Å². The summed E-state index contributed by atoms with van der Waals surface area (Å²) in [5, 5.41) is 21.1. The van der Waals surface area contributed by atoms with Gasteiger partial charge >= 0.3 is 6.09 Å². The molecule has 1 saturated heterocycles. The Morgan fingerprint density at radius 1 is 1.30 bits per heavy atom. The molecule has 0 atom stereocenters. The number of nitrogens with zero attached hydrogens (tertiary/aromatic N) is 3. The first kappa shape index (κ1) is 15.0. The van der Waals surface area contributed by atoms with E-state index in [9.17, 15) is 14.9 Å². The van der Waals surface area contributed by atoms with Crippen LogP contribution < -0.4 is 4.74 Å². The molecule has 3 rings (SSSR count). The molecule has 120 valence electrons. The third-order valence-electron chi connectivity index (χ3n) is 3.93. The van der Waals surface area contributed by atoms with E-state index in [1.807, 2.05) is 0 Å². The summed E-state index contributed by atoms with van der Waals surface area (Å²) in [5.41, 5.74) is -0.0614. The largest absolute Gasteiger partial charge is 0.474 e. The van der Waals surface area contributed by atoms with Crippen LogP contribution in [0.2, 0.25) is 0 Å².